The first-order valence-electron chi connectivity index (χ1n) is 10.7. The molecule has 3 heterocycles. The molecule has 3 aromatic rings. The van der Waals surface area contributed by atoms with Crippen LogP contribution in [0.3, 0.4) is 0 Å². The van der Waals surface area contributed by atoms with Crippen LogP contribution in [0.4, 0.5) is 0 Å². The highest BCUT2D eigenvalue weighted by Gasteiger charge is 2.21. The van der Waals surface area contributed by atoms with Gasteiger partial charge >= 0.3 is 0 Å². The number of methoxy groups -OCH3 is 1. The second-order valence-corrected chi connectivity index (χ2v) is 8.13. The second kappa shape index (κ2) is 8.98. The molecular formula is C24H29N3O4. The fourth-order valence-electron chi connectivity index (χ4n) is 4.31. The van der Waals surface area contributed by atoms with Gasteiger partial charge in [0.25, 0.3) is 11.5 Å². The summed E-state index contributed by atoms with van der Waals surface area (Å²) >= 11 is 0. The van der Waals surface area contributed by atoms with Crippen molar-refractivity contribution in [2.75, 3.05) is 20.3 Å². The zero-order valence-electron chi connectivity index (χ0n) is 18.3. The highest BCUT2D eigenvalue weighted by atomic mass is 16.5. The highest BCUT2D eigenvalue weighted by molar-refractivity contribution is 5.95. The summed E-state index contributed by atoms with van der Waals surface area (Å²) < 4.78 is 12.7. The lowest BCUT2D eigenvalue weighted by atomic mass is 10.1. The lowest BCUT2D eigenvalue weighted by Gasteiger charge is -2.17. The first kappa shape index (κ1) is 21.2. The van der Waals surface area contributed by atoms with E-state index in [9.17, 15) is 9.59 Å². The van der Waals surface area contributed by atoms with E-state index in [0.717, 1.165) is 47.4 Å². The lowest BCUT2D eigenvalue weighted by molar-refractivity contribution is 0.0927. The van der Waals surface area contributed by atoms with Crippen molar-refractivity contribution in [2.45, 2.75) is 45.8 Å². The van der Waals surface area contributed by atoms with E-state index in [1.54, 1.807) is 11.7 Å². The van der Waals surface area contributed by atoms with Crippen LogP contribution < -0.4 is 15.6 Å². The molecule has 1 amide bonds. The van der Waals surface area contributed by atoms with Crippen molar-refractivity contribution < 1.29 is 14.3 Å². The van der Waals surface area contributed by atoms with Crippen molar-refractivity contribution >= 4 is 16.8 Å². The number of aromatic nitrogens is 2. The summed E-state index contributed by atoms with van der Waals surface area (Å²) in [5.41, 5.74) is 3.62. The minimum atomic E-state index is -0.332. The van der Waals surface area contributed by atoms with Crippen molar-refractivity contribution in [1.29, 1.82) is 0 Å². The van der Waals surface area contributed by atoms with Crippen molar-refractivity contribution in [2.24, 2.45) is 0 Å². The normalized spacial score (nSPS) is 16.0. The third-order valence-electron chi connectivity index (χ3n) is 6.00. The summed E-state index contributed by atoms with van der Waals surface area (Å²) in [5.74, 6) is 0.459. The van der Waals surface area contributed by atoms with Crippen molar-refractivity contribution in [1.82, 2.24) is 14.9 Å². The van der Waals surface area contributed by atoms with Crippen LogP contribution in [-0.4, -0.2) is 41.8 Å². The average Bonchev–Trinajstić information content (AvgIpc) is 3.40. The van der Waals surface area contributed by atoms with E-state index in [-0.39, 0.29) is 23.1 Å². The number of aromatic amines is 1. The van der Waals surface area contributed by atoms with Crippen LogP contribution in [0.1, 0.15) is 40.0 Å². The van der Waals surface area contributed by atoms with Crippen LogP contribution in [0.2, 0.25) is 0 Å². The van der Waals surface area contributed by atoms with Crippen LogP contribution in [0, 0.1) is 13.8 Å². The van der Waals surface area contributed by atoms with Gasteiger partial charge in [0, 0.05) is 35.9 Å². The van der Waals surface area contributed by atoms with Crippen molar-refractivity contribution in [3.63, 3.8) is 0 Å². The fourth-order valence-corrected chi connectivity index (χ4v) is 4.31. The molecule has 7 nitrogen and oxygen atoms in total. The minimum absolute atomic E-state index is 0.0360. The number of aryl methyl sites for hydroxylation is 2. The number of carbonyl (C=O) groups excluding carboxylic acids is 1. The molecule has 0 aliphatic carbocycles. The Labute approximate surface area is 181 Å². The first-order valence-corrected chi connectivity index (χ1v) is 10.7. The number of hydrogen-bond acceptors (Lipinski definition) is 4. The Kier molecular flexibility index (Phi) is 6.13. The van der Waals surface area contributed by atoms with Gasteiger partial charge in [0.2, 0.25) is 0 Å². The molecule has 0 spiro atoms. The Balaban J connectivity index is 1.48. The Morgan fingerprint density at radius 2 is 2.16 bits per heavy atom. The predicted molar refractivity (Wildman–Crippen MR) is 120 cm³/mol. The standard InChI is InChI=1S/C24H29N3O4/c1-15-11-16(2)27(14-19-5-4-10-31-19)24(29)22(15)23(28)25-9-8-17-13-26-21-7-6-18(30-3)12-20(17)21/h6-7,11-13,19,26H,4-5,8-10,14H2,1-3H3,(H,25,28). The number of benzene rings is 1. The SMILES string of the molecule is COc1ccc2[nH]cc(CCNC(=O)c3c(C)cc(C)n(CC4CCCO4)c3=O)c2c1. The van der Waals surface area contributed by atoms with E-state index in [0.29, 0.717) is 25.1 Å². The fraction of sp³-hybridized carbons (Fsp3) is 0.417. The number of carbonyl (C=O) groups is 1. The molecule has 1 aliphatic rings. The summed E-state index contributed by atoms with van der Waals surface area (Å²) in [7, 11) is 1.64. The summed E-state index contributed by atoms with van der Waals surface area (Å²) in [6.45, 7) is 5.36. The predicted octanol–water partition coefficient (Wildman–Crippen LogP) is 3.11. The van der Waals surface area contributed by atoms with E-state index in [1.807, 2.05) is 44.3 Å². The molecule has 31 heavy (non-hydrogen) atoms. The summed E-state index contributed by atoms with van der Waals surface area (Å²) in [6, 6.07) is 7.77. The Morgan fingerprint density at radius 3 is 2.90 bits per heavy atom. The van der Waals surface area contributed by atoms with Gasteiger partial charge in [-0.2, -0.15) is 0 Å². The van der Waals surface area contributed by atoms with E-state index in [1.165, 1.54) is 0 Å². The summed E-state index contributed by atoms with van der Waals surface area (Å²) in [6.07, 6.45) is 4.58. The van der Waals surface area contributed by atoms with Crippen LogP contribution in [0.25, 0.3) is 10.9 Å². The molecule has 1 fully saturated rings. The molecule has 1 atom stereocenters. The second-order valence-electron chi connectivity index (χ2n) is 8.13. The lowest BCUT2D eigenvalue weighted by Crippen LogP contribution is -2.37. The molecule has 1 saturated heterocycles. The Bertz CT molecular complexity index is 1160. The molecule has 2 N–H and O–H groups in total. The summed E-state index contributed by atoms with van der Waals surface area (Å²) in [5, 5.41) is 3.99. The van der Waals surface area contributed by atoms with Gasteiger partial charge in [0.15, 0.2) is 0 Å². The number of pyridine rings is 1. The smallest absolute Gasteiger partial charge is 0.263 e. The number of H-pyrrole nitrogens is 1. The molecule has 7 heteroatoms. The molecule has 0 bridgehead atoms. The number of rotatable bonds is 7. The quantitative estimate of drug-likeness (QED) is 0.612. The highest BCUT2D eigenvalue weighted by Crippen LogP contribution is 2.23. The number of amides is 1. The molecule has 164 valence electrons. The van der Waals surface area contributed by atoms with E-state index in [2.05, 4.69) is 10.3 Å². The zero-order valence-corrected chi connectivity index (χ0v) is 18.3. The van der Waals surface area contributed by atoms with E-state index >= 15 is 0 Å². The summed E-state index contributed by atoms with van der Waals surface area (Å²) in [4.78, 5) is 29.2. The maximum absolute atomic E-state index is 13.1. The van der Waals surface area contributed by atoms with Crippen molar-refractivity contribution in [3.8, 4) is 5.75 Å². The molecule has 1 unspecified atom stereocenters. The molecule has 2 aromatic heterocycles. The molecular weight excluding hydrogens is 394 g/mol. The van der Waals surface area contributed by atoms with Crippen molar-refractivity contribution in [3.05, 3.63) is 63.2 Å². The largest absolute Gasteiger partial charge is 0.497 e. The zero-order chi connectivity index (χ0) is 22.0. The number of nitrogens with one attached hydrogen (secondary N) is 2. The van der Waals surface area contributed by atoms with Gasteiger partial charge in [-0.3, -0.25) is 9.59 Å². The molecule has 0 saturated carbocycles. The molecule has 1 aromatic carbocycles. The van der Waals surface area contributed by atoms with Crippen LogP contribution in [-0.2, 0) is 17.7 Å². The maximum Gasteiger partial charge on any atom is 0.263 e. The average molecular weight is 424 g/mol. The third-order valence-corrected chi connectivity index (χ3v) is 6.00. The van der Waals surface area contributed by atoms with Crippen LogP contribution in [0.5, 0.6) is 5.75 Å². The van der Waals surface area contributed by atoms with Gasteiger partial charge < -0.3 is 24.3 Å². The number of ether oxygens (including phenoxy) is 2. The molecule has 0 radical (unpaired) electrons. The Hall–Kier alpha value is -3.06. The van der Waals surface area contributed by atoms with E-state index < -0.39 is 0 Å². The first-order chi connectivity index (χ1) is 15.0. The number of fused-ring (bicyclic) bond motifs is 1. The van der Waals surface area contributed by atoms with E-state index in [4.69, 9.17) is 9.47 Å². The minimum Gasteiger partial charge on any atom is -0.497 e. The van der Waals surface area contributed by atoms with Crippen LogP contribution in [0.15, 0.2) is 35.3 Å². The Morgan fingerprint density at radius 1 is 1.32 bits per heavy atom. The van der Waals surface area contributed by atoms with Gasteiger partial charge in [0.05, 0.1) is 19.8 Å². The van der Waals surface area contributed by atoms with Gasteiger partial charge in [-0.1, -0.05) is 0 Å². The monoisotopic (exact) mass is 423 g/mol. The number of nitrogens with zero attached hydrogens (tertiary/aromatic N) is 1. The van der Waals surface area contributed by atoms with Gasteiger partial charge in [-0.05, 0) is 68.5 Å². The maximum atomic E-state index is 13.1. The third kappa shape index (κ3) is 4.37. The number of hydrogen-bond donors (Lipinski definition) is 2. The topological polar surface area (TPSA) is 85.3 Å². The van der Waals surface area contributed by atoms with Gasteiger partial charge in [-0.25, -0.2) is 0 Å². The van der Waals surface area contributed by atoms with Gasteiger partial charge in [0.1, 0.15) is 11.3 Å². The van der Waals surface area contributed by atoms with Crippen LogP contribution >= 0.6 is 0 Å². The molecule has 1 aliphatic heterocycles. The van der Waals surface area contributed by atoms with Gasteiger partial charge in [-0.15, -0.1) is 0 Å². The molecule has 4 rings (SSSR count).